The molecular formula is C34H69NO8P+. The van der Waals surface area contributed by atoms with Gasteiger partial charge in [0.2, 0.25) is 0 Å². The van der Waals surface area contributed by atoms with Gasteiger partial charge in [-0.15, -0.1) is 0 Å². The quantitative estimate of drug-likeness (QED) is 0.0333. The van der Waals surface area contributed by atoms with Gasteiger partial charge in [0.15, 0.2) is 6.10 Å². The molecule has 0 saturated carbocycles. The fraction of sp³-hybridized carbons (Fsp3) is 0.941. The summed E-state index contributed by atoms with van der Waals surface area (Å²) in [6, 6.07) is 0. The standard InChI is InChI=1S/C34H68NO8P/c1-6-8-10-12-14-16-17-19-20-22-24-26-33(36)40-30-32(31-42-44(38,39)41-29-28-35(3,4)5)43-34(37)27-25-23-21-18-15-13-11-9-7-2/h32H,6-31H2,1-5H3/p+1. The van der Waals surface area contributed by atoms with Crippen LogP contribution in [0.4, 0.5) is 0 Å². The lowest BCUT2D eigenvalue weighted by Crippen LogP contribution is -2.37. The number of carbonyl (C=O) groups excluding carboxylic acids is 2. The number of hydrogen-bond acceptors (Lipinski definition) is 7. The third-order valence-corrected chi connectivity index (χ3v) is 8.62. The van der Waals surface area contributed by atoms with Gasteiger partial charge >= 0.3 is 19.8 Å². The molecule has 0 aromatic rings. The molecule has 0 heterocycles. The van der Waals surface area contributed by atoms with Crippen LogP contribution in [-0.4, -0.2) is 74.9 Å². The molecule has 0 amide bonds. The summed E-state index contributed by atoms with van der Waals surface area (Å²) in [6.07, 6.45) is 22.9. The largest absolute Gasteiger partial charge is 0.472 e. The van der Waals surface area contributed by atoms with Crippen molar-refractivity contribution in [1.29, 1.82) is 0 Å². The lowest BCUT2D eigenvalue weighted by atomic mass is 10.1. The maximum Gasteiger partial charge on any atom is 0.472 e. The van der Waals surface area contributed by atoms with E-state index in [1.807, 2.05) is 21.1 Å². The predicted octanol–water partition coefficient (Wildman–Crippen LogP) is 8.90. The number of unbranched alkanes of at least 4 members (excludes halogenated alkanes) is 18. The molecule has 0 bridgehead atoms. The zero-order valence-electron chi connectivity index (χ0n) is 29.2. The monoisotopic (exact) mass is 650 g/mol. The Labute approximate surface area is 270 Å². The van der Waals surface area contributed by atoms with E-state index in [2.05, 4.69) is 13.8 Å². The van der Waals surface area contributed by atoms with Gasteiger partial charge in [-0.2, -0.15) is 0 Å². The van der Waals surface area contributed by atoms with E-state index in [1.165, 1.54) is 89.9 Å². The smallest absolute Gasteiger partial charge is 0.462 e. The molecule has 0 aliphatic rings. The Bertz CT molecular complexity index is 743. The Hall–Kier alpha value is -0.990. The zero-order chi connectivity index (χ0) is 32.9. The lowest BCUT2D eigenvalue weighted by molar-refractivity contribution is -0.870. The minimum atomic E-state index is -4.35. The maximum atomic E-state index is 12.5. The van der Waals surface area contributed by atoms with Crippen LogP contribution in [0.2, 0.25) is 0 Å². The van der Waals surface area contributed by atoms with Crippen molar-refractivity contribution in [1.82, 2.24) is 0 Å². The van der Waals surface area contributed by atoms with E-state index in [0.717, 1.165) is 32.1 Å². The second kappa shape index (κ2) is 28.3. The highest BCUT2D eigenvalue weighted by Gasteiger charge is 2.27. The molecule has 2 atom stereocenters. The van der Waals surface area contributed by atoms with Gasteiger partial charge in [-0.3, -0.25) is 18.6 Å². The molecule has 9 nitrogen and oxygen atoms in total. The molecule has 0 aliphatic carbocycles. The Kier molecular flexibility index (Phi) is 27.6. The number of ether oxygens (including phenoxy) is 2. The average Bonchev–Trinajstić information content (AvgIpc) is 2.95. The van der Waals surface area contributed by atoms with Crippen molar-refractivity contribution in [3.05, 3.63) is 0 Å². The summed E-state index contributed by atoms with van der Waals surface area (Å²) in [6.45, 7) is 4.38. The number of nitrogens with zero attached hydrogens (tertiary/aromatic N) is 1. The molecule has 2 unspecified atom stereocenters. The van der Waals surface area contributed by atoms with Crippen molar-refractivity contribution in [3.63, 3.8) is 0 Å². The highest BCUT2D eigenvalue weighted by molar-refractivity contribution is 7.47. The molecule has 0 spiro atoms. The number of phosphoric ester groups is 1. The SMILES string of the molecule is CCCCCCCCCCCCCC(=O)OCC(COP(=O)(O)OCC[N+](C)(C)C)OC(=O)CCCCCCCCCCC. The van der Waals surface area contributed by atoms with Crippen LogP contribution in [0.5, 0.6) is 0 Å². The van der Waals surface area contributed by atoms with E-state index in [-0.39, 0.29) is 25.6 Å². The maximum absolute atomic E-state index is 12.5. The number of hydrogen-bond donors (Lipinski definition) is 1. The Balaban J connectivity index is 4.46. The molecule has 0 fully saturated rings. The predicted molar refractivity (Wildman–Crippen MR) is 178 cm³/mol. The molecule has 0 rings (SSSR count). The molecule has 0 aliphatic heterocycles. The molecule has 0 aromatic heterocycles. The number of phosphoric acid groups is 1. The van der Waals surface area contributed by atoms with E-state index < -0.39 is 26.5 Å². The first-order valence-corrected chi connectivity index (χ1v) is 19.3. The van der Waals surface area contributed by atoms with Crippen molar-refractivity contribution in [2.45, 2.75) is 161 Å². The van der Waals surface area contributed by atoms with Gasteiger partial charge in [-0.05, 0) is 12.8 Å². The topological polar surface area (TPSA) is 108 Å². The Morgan fingerprint density at radius 3 is 1.45 bits per heavy atom. The molecular weight excluding hydrogens is 581 g/mol. The Morgan fingerprint density at radius 1 is 0.614 bits per heavy atom. The van der Waals surface area contributed by atoms with E-state index >= 15 is 0 Å². The molecule has 44 heavy (non-hydrogen) atoms. The van der Waals surface area contributed by atoms with E-state index in [9.17, 15) is 19.0 Å². The normalized spacial score (nSPS) is 13.9. The van der Waals surface area contributed by atoms with Crippen LogP contribution in [0.15, 0.2) is 0 Å². The van der Waals surface area contributed by atoms with Gasteiger partial charge in [-0.1, -0.05) is 129 Å². The number of rotatable bonds is 32. The minimum absolute atomic E-state index is 0.0360. The van der Waals surface area contributed by atoms with Gasteiger partial charge in [0.1, 0.15) is 19.8 Å². The molecule has 1 N–H and O–H groups in total. The van der Waals surface area contributed by atoms with Crippen LogP contribution in [0.3, 0.4) is 0 Å². The van der Waals surface area contributed by atoms with Gasteiger partial charge in [-0.25, -0.2) is 4.57 Å². The van der Waals surface area contributed by atoms with Crippen LogP contribution in [0.25, 0.3) is 0 Å². The van der Waals surface area contributed by atoms with Crippen LogP contribution < -0.4 is 0 Å². The number of esters is 2. The van der Waals surface area contributed by atoms with E-state index in [1.54, 1.807) is 0 Å². The second-order valence-corrected chi connectivity index (χ2v) is 14.7. The first kappa shape index (κ1) is 43.0. The first-order valence-electron chi connectivity index (χ1n) is 17.8. The van der Waals surface area contributed by atoms with E-state index in [0.29, 0.717) is 23.9 Å². The molecule has 0 saturated heterocycles. The van der Waals surface area contributed by atoms with Gasteiger partial charge in [0, 0.05) is 12.8 Å². The highest BCUT2D eigenvalue weighted by Crippen LogP contribution is 2.43. The minimum Gasteiger partial charge on any atom is -0.462 e. The van der Waals surface area contributed by atoms with Crippen molar-refractivity contribution < 1.29 is 42.1 Å². The van der Waals surface area contributed by atoms with Crippen LogP contribution >= 0.6 is 7.82 Å². The summed E-state index contributed by atoms with van der Waals surface area (Å²) in [4.78, 5) is 35.0. The van der Waals surface area contributed by atoms with E-state index in [4.69, 9.17) is 18.5 Å². The molecule has 0 aromatic carbocycles. The fourth-order valence-corrected chi connectivity index (χ4v) is 5.52. The summed E-state index contributed by atoms with van der Waals surface area (Å²) in [5.41, 5.74) is 0. The third-order valence-electron chi connectivity index (χ3n) is 7.64. The summed E-state index contributed by atoms with van der Waals surface area (Å²) in [5, 5.41) is 0. The van der Waals surface area contributed by atoms with Crippen molar-refractivity contribution in [2.75, 3.05) is 47.5 Å². The lowest BCUT2D eigenvalue weighted by Gasteiger charge is -2.24. The number of quaternary nitrogens is 1. The summed E-state index contributed by atoms with van der Waals surface area (Å²) in [5.74, 6) is -0.797. The fourth-order valence-electron chi connectivity index (χ4n) is 4.78. The van der Waals surface area contributed by atoms with Gasteiger partial charge < -0.3 is 18.9 Å². The van der Waals surface area contributed by atoms with Crippen molar-refractivity contribution >= 4 is 19.8 Å². The molecule has 0 radical (unpaired) electrons. The molecule has 262 valence electrons. The van der Waals surface area contributed by atoms with Crippen molar-refractivity contribution in [2.24, 2.45) is 0 Å². The van der Waals surface area contributed by atoms with Gasteiger partial charge in [0.05, 0.1) is 27.7 Å². The summed E-state index contributed by atoms with van der Waals surface area (Å²) < 4.78 is 34.0. The Morgan fingerprint density at radius 2 is 1.02 bits per heavy atom. The van der Waals surface area contributed by atoms with Crippen LogP contribution in [-0.2, 0) is 32.7 Å². The van der Waals surface area contributed by atoms with Crippen molar-refractivity contribution in [3.8, 4) is 0 Å². The third kappa shape index (κ3) is 31.0. The number of carbonyl (C=O) groups is 2. The molecule has 10 heteroatoms. The zero-order valence-corrected chi connectivity index (χ0v) is 30.1. The summed E-state index contributed by atoms with van der Waals surface area (Å²) >= 11 is 0. The highest BCUT2D eigenvalue weighted by atomic mass is 31.2. The first-order chi connectivity index (χ1) is 21.0. The number of likely N-dealkylation sites (N-methyl/N-ethyl adjacent to an activating group) is 1. The van der Waals surface area contributed by atoms with Crippen LogP contribution in [0.1, 0.15) is 155 Å². The average molecular weight is 651 g/mol. The summed E-state index contributed by atoms with van der Waals surface area (Å²) in [7, 11) is 1.48. The van der Waals surface area contributed by atoms with Crippen LogP contribution in [0, 0.1) is 0 Å². The van der Waals surface area contributed by atoms with Gasteiger partial charge in [0.25, 0.3) is 0 Å². The second-order valence-electron chi connectivity index (χ2n) is 13.3.